The van der Waals surface area contributed by atoms with Crippen molar-refractivity contribution in [1.29, 1.82) is 0 Å². The quantitative estimate of drug-likeness (QED) is 0.162. The third-order valence-corrected chi connectivity index (χ3v) is 13.6. The van der Waals surface area contributed by atoms with Crippen molar-refractivity contribution >= 4 is 124 Å². The lowest BCUT2D eigenvalue weighted by atomic mass is 9.87. The molecule has 13 rings (SSSR count). The Bertz CT molecular complexity index is 3790. The van der Waals surface area contributed by atoms with E-state index in [4.69, 9.17) is 0 Å². The first-order chi connectivity index (χ1) is 28.7. The Hall–Kier alpha value is -7.26. The molecule has 0 aliphatic rings. The van der Waals surface area contributed by atoms with Gasteiger partial charge in [0.1, 0.15) is 0 Å². The molecule has 2 heteroatoms. The highest BCUT2D eigenvalue weighted by molar-refractivity contribution is 7.26. The first-order valence-corrected chi connectivity index (χ1v) is 20.8. The summed E-state index contributed by atoms with van der Waals surface area (Å²) in [7, 11) is 0. The highest BCUT2D eigenvalue weighted by Gasteiger charge is 2.22. The number of anilines is 3. The van der Waals surface area contributed by atoms with Gasteiger partial charge in [0.15, 0.2) is 0 Å². The predicted octanol–water partition coefficient (Wildman–Crippen LogP) is 16.7. The van der Waals surface area contributed by atoms with Gasteiger partial charge in [-0.05, 0) is 135 Å². The van der Waals surface area contributed by atoms with E-state index in [9.17, 15) is 0 Å². The molecule has 1 aromatic heterocycles. The fraction of sp³-hybridized carbons (Fsp3) is 0. The van der Waals surface area contributed by atoms with Crippen molar-refractivity contribution in [2.75, 3.05) is 4.90 Å². The Kier molecular flexibility index (Phi) is 6.66. The van der Waals surface area contributed by atoms with Crippen LogP contribution in [0.15, 0.2) is 200 Å². The van der Waals surface area contributed by atoms with E-state index in [-0.39, 0.29) is 0 Å². The zero-order valence-electron chi connectivity index (χ0n) is 31.4. The summed E-state index contributed by atoms with van der Waals surface area (Å²) in [5, 5.41) is 20.5. The summed E-state index contributed by atoms with van der Waals surface area (Å²) < 4.78 is 2.59. The molecule has 0 saturated heterocycles. The molecule has 0 radical (unpaired) electrons. The van der Waals surface area contributed by atoms with E-state index < -0.39 is 0 Å². The maximum absolute atomic E-state index is 2.51. The topological polar surface area (TPSA) is 3.24 Å². The van der Waals surface area contributed by atoms with Crippen LogP contribution in [0.4, 0.5) is 17.1 Å². The number of benzene rings is 11. The molecule has 13 aromatic rings. The van der Waals surface area contributed by atoms with Gasteiger partial charge in [-0.15, -0.1) is 11.3 Å². The van der Waals surface area contributed by atoms with E-state index in [0.29, 0.717) is 0 Å². The average Bonchev–Trinajstić information content (AvgIpc) is 3.67. The van der Waals surface area contributed by atoms with E-state index in [1.165, 1.54) is 112 Å². The molecule has 0 unspecified atom stereocenters. The number of hydrogen-bond acceptors (Lipinski definition) is 2. The number of hydrogen-bond donors (Lipinski definition) is 0. The molecular weight excluding hydrogens is 719 g/mol. The molecule has 1 heterocycles. The maximum Gasteiger partial charge on any atom is 0.0554 e. The monoisotopic (exact) mass is 751 g/mol. The molecule has 58 heavy (non-hydrogen) atoms. The molecule has 0 amide bonds. The van der Waals surface area contributed by atoms with Crippen LogP contribution in [0, 0.1) is 0 Å². The Morgan fingerprint density at radius 2 is 0.793 bits per heavy atom. The van der Waals surface area contributed by atoms with Crippen LogP contribution in [0.2, 0.25) is 0 Å². The van der Waals surface area contributed by atoms with Crippen LogP contribution in [-0.2, 0) is 0 Å². The Morgan fingerprint density at radius 3 is 1.52 bits per heavy atom. The fourth-order valence-electron chi connectivity index (χ4n) is 9.94. The van der Waals surface area contributed by atoms with Gasteiger partial charge in [0.25, 0.3) is 0 Å². The third kappa shape index (κ3) is 4.58. The number of nitrogens with zero attached hydrogens (tertiary/aromatic N) is 1. The highest BCUT2D eigenvalue weighted by Crippen LogP contribution is 2.49. The zero-order chi connectivity index (χ0) is 37.9. The lowest BCUT2D eigenvalue weighted by Gasteiger charge is -2.28. The third-order valence-electron chi connectivity index (χ3n) is 12.5. The SMILES string of the molecule is c1ccc2cc(-c3ccc(N(c4cc5ccc6cccc7c8cccc9ccc%10cccc(c(c4)c5c67)c%10c98)c4cccc5sc6ccccc6c45)cc3)ccc2c1. The van der Waals surface area contributed by atoms with Gasteiger partial charge >= 0.3 is 0 Å². The van der Waals surface area contributed by atoms with Gasteiger partial charge < -0.3 is 4.90 Å². The second-order valence-electron chi connectivity index (χ2n) is 15.6. The Labute approximate surface area is 338 Å². The van der Waals surface area contributed by atoms with Gasteiger partial charge in [-0.1, -0.05) is 152 Å². The second-order valence-corrected chi connectivity index (χ2v) is 16.7. The minimum atomic E-state index is 1.12. The van der Waals surface area contributed by atoms with Crippen molar-refractivity contribution in [2.24, 2.45) is 0 Å². The minimum Gasteiger partial charge on any atom is -0.310 e. The minimum absolute atomic E-state index is 1.12. The summed E-state index contributed by atoms with van der Waals surface area (Å²) in [6, 6.07) is 74.8. The number of thiophene rings is 1. The van der Waals surface area contributed by atoms with Gasteiger partial charge in [0.05, 0.1) is 5.69 Å². The average molecular weight is 752 g/mol. The van der Waals surface area contributed by atoms with Gasteiger partial charge in [0.2, 0.25) is 0 Å². The molecule has 0 saturated carbocycles. The number of fused-ring (bicyclic) bond motifs is 6. The van der Waals surface area contributed by atoms with Crippen LogP contribution in [0.5, 0.6) is 0 Å². The zero-order valence-corrected chi connectivity index (χ0v) is 32.2. The number of rotatable bonds is 4. The molecule has 1 nitrogen and oxygen atoms in total. The molecule has 0 atom stereocenters. The molecule has 0 fully saturated rings. The fourth-order valence-corrected chi connectivity index (χ4v) is 11.1. The first kappa shape index (κ1) is 31.9. The summed E-state index contributed by atoms with van der Waals surface area (Å²) >= 11 is 1.87. The van der Waals surface area contributed by atoms with Gasteiger partial charge in [-0.2, -0.15) is 0 Å². The summed E-state index contributed by atoms with van der Waals surface area (Å²) in [5.74, 6) is 0. The summed E-state index contributed by atoms with van der Waals surface area (Å²) in [6.45, 7) is 0. The van der Waals surface area contributed by atoms with Crippen molar-refractivity contribution in [2.45, 2.75) is 0 Å². The van der Waals surface area contributed by atoms with Crippen LogP contribution >= 0.6 is 11.3 Å². The van der Waals surface area contributed by atoms with E-state index in [1.54, 1.807) is 0 Å². The molecule has 0 spiro atoms. The highest BCUT2D eigenvalue weighted by atomic mass is 32.1. The lowest BCUT2D eigenvalue weighted by molar-refractivity contribution is 1.31. The van der Waals surface area contributed by atoms with Crippen LogP contribution in [0.1, 0.15) is 0 Å². The van der Waals surface area contributed by atoms with Crippen molar-refractivity contribution in [3.63, 3.8) is 0 Å². The molecule has 0 N–H and O–H groups in total. The van der Waals surface area contributed by atoms with Crippen LogP contribution in [-0.4, -0.2) is 0 Å². The summed E-state index contributed by atoms with van der Waals surface area (Å²) in [4.78, 5) is 2.51. The molecule has 0 aliphatic carbocycles. The molecule has 12 aromatic carbocycles. The molecule has 0 aliphatic heterocycles. The van der Waals surface area contributed by atoms with E-state index in [2.05, 4.69) is 205 Å². The predicted molar refractivity (Wildman–Crippen MR) is 253 cm³/mol. The van der Waals surface area contributed by atoms with E-state index in [0.717, 1.165) is 11.4 Å². The Morgan fingerprint density at radius 1 is 0.276 bits per heavy atom. The van der Waals surface area contributed by atoms with Crippen molar-refractivity contribution in [1.82, 2.24) is 0 Å². The van der Waals surface area contributed by atoms with E-state index >= 15 is 0 Å². The van der Waals surface area contributed by atoms with Crippen molar-refractivity contribution < 1.29 is 0 Å². The van der Waals surface area contributed by atoms with Crippen LogP contribution in [0.25, 0.3) is 107 Å². The van der Waals surface area contributed by atoms with Crippen LogP contribution in [0.3, 0.4) is 0 Å². The summed E-state index contributed by atoms with van der Waals surface area (Å²) in [6.07, 6.45) is 0. The van der Waals surface area contributed by atoms with Crippen molar-refractivity contribution in [3.05, 3.63) is 200 Å². The Balaban J connectivity index is 1.15. The maximum atomic E-state index is 2.51. The normalized spacial score (nSPS) is 12.1. The molecular formula is C56H33NS. The summed E-state index contributed by atoms with van der Waals surface area (Å²) in [5.41, 5.74) is 5.86. The smallest absolute Gasteiger partial charge is 0.0554 e. The lowest BCUT2D eigenvalue weighted by Crippen LogP contribution is -2.10. The van der Waals surface area contributed by atoms with Crippen molar-refractivity contribution in [3.8, 4) is 11.1 Å². The van der Waals surface area contributed by atoms with Gasteiger partial charge in [0, 0.05) is 31.5 Å². The largest absolute Gasteiger partial charge is 0.310 e. The standard InChI is InChI=1S/C56H33NS/c1-2-10-39-31-40(25-21-34(39)9-1)35-27-29-42(30-28-35)57(49-18-8-20-51-56(49)47-14-3-4-19-50(47)58-51)43-32-41-26-24-38-12-6-16-45-44-15-5-11-36-22-23-37-13-7-17-46(54(37)52(36)44)48(33-43)55(41)53(38)45/h1-33H. The molecule has 0 bridgehead atoms. The second kappa shape index (κ2) is 12.1. The molecule has 268 valence electrons. The van der Waals surface area contributed by atoms with Gasteiger partial charge in [-0.3, -0.25) is 0 Å². The first-order valence-electron chi connectivity index (χ1n) is 20.0. The van der Waals surface area contributed by atoms with E-state index in [1.807, 2.05) is 11.3 Å². The van der Waals surface area contributed by atoms with Gasteiger partial charge in [-0.25, -0.2) is 0 Å². The van der Waals surface area contributed by atoms with Crippen LogP contribution < -0.4 is 4.90 Å².